The van der Waals surface area contributed by atoms with Gasteiger partial charge in [-0.15, -0.1) is 0 Å². The molecule has 0 saturated heterocycles. The van der Waals surface area contributed by atoms with E-state index in [0.717, 1.165) is 25.6 Å². The van der Waals surface area contributed by atoms with Gasteiger partial charge in [-0.3, -0.25) is 0 Å². The molecule has 1 fully saturated rings. The Morgan fingerprint density at radius 1 is 1.42 bits per heavy atom. The molecule has 72 valence electrons. The lowest BCUT2D eigenvalue weighted by Gasteiger charge is -2.41. The minimum atomic E-state index is 0.467. The number of nitrogens with two attached hydrogens (primary N) is 1. The second-order valence-electron chi connectivity index (χ2n) is 4.58. The van der Waals surface area contributed by atoms with Crippen molar-refractivity contribution in [1.29, 1.82) is 0 Å². The molecular formula is C10H22N2. The van der Waals surface area contributed by atoms with Crippen molar-refractivity contribution < 1.29 is 0 Å². The second-order valence-corrected chi connectivity index (χ2v) is 4.58. The van der Waals surface area contributed by atoms with Crippen LogP contribution in [0.15, 0.2) is 0 Å². The van der Waals surface area contributed by atoms with E-state index in [9.17, 15) is 0 Å². The summed E-state index contributed by atoms with van der Waals surface area (Å²) in [5.41, 5.74) is 6.21. The van der Waals surface area contributed by atoms with Crippen LogP contribution in [0.2, 0.25) is 0 Å². The number of hydrogen-bond acceptors (Lipinski definition) is 2. The van der Waals surface area contributed by atoms with E-state index in [-0.39, 0.29) is 0 Å². The summed E-state index contributed by atoms with van der Waals surface area (Å²) in [6, 6.07) is 0. The Morgan fingerprint density at radius 3 is 2.42 bits per heavy atom. The molecule has 12 heavy (non-hydrogen) atoms. The van der Waals surface area contributed by atoms with Gasteiger partial charge in [-0.25, -0.2) is 0 Å². The Labute approximate surface area is 75.9 Å². The van der Waals surface area contributed by atoms with E-state index in [1.165, 1.54) is 19.3 Å². The van der Waals surface area contributed by atoms with Crippen molar-refractivity contribution in [2.75, 3.05) is 19.6 Å². The highest BCUT2D eigenvalue weighted by Crippen LogP contribution is 2.38. The number of hydrogen-bond donors (Lipinski definition) is 2. The highest BCUT2D eigenvalue weighted by atomic mass is 14.9. The third-order valence-corrected chi connectivity index (χ3v) is 2.90. The average Bonchev–Trinajstić information content (AvgIpc) is 1.94. The van der Waals surface area contributed by atoms with E-state index >= 15 is 0 Å². The third-order valence-electron chi connectivity index (χ3n) is 2.90. The van der Waals surface area contributed by atoms with Crippen molar-refractivity contribution in [2.24, 2.45) is 17.1 Å². The largest absolute Gasteiger partial charge is 0.330 e. The molecule has 2 heteroatoms. The topological polar surface area (TPSA) is 38.0 Å². The maximum atomic E-state index is 5.75. The standard InChI is InChI=1S/C10H22N2/c1-9(2)6-12-8-10(7-11)4-3-5-10/h9,12H,3-8,11H2,1-2H3. The van der Waals surface area contributed by atoms with Gasteiger partial charge < -0.3 is 11.1 Å². The molecule has 0 atom stereocenters. The quantitative estimate of drug-likeness (QED) is 0.654. The molecule has 0 heterocycles. The Kier molecular flexibility index (Phi) is 3.53. The van der Waals surface area contributed by atoms with Gasteiger partial charge in [0.1, 0.15) is 0 Å². The molecule has 1 aliphatic carbocycles. The fourth-order valence-electron chi connectivity index (χ4n) is 1.76. The van der Waals surface area contributed by atoms with Crippen LogP contribution in [-0.2, 0) is 0 Å². The van der Waals surface area contributed by atoms with Crippen LogP contribution in [0.4, 0.5) is 0 Å². The van der Waals surface area contributed by atoms with Crippen LogP contribution in [0.5, 0.6) is 0 Å². The first-order chi connectivity index (χ1) is 5.68. The molecule has 0 aromatic heterocycles. The lowest BCUT2D eigenvalue weighted by Crippen LogP contribution is -2.46. The highest BCUT2D eigenvalue weighted by Gasteiger charge is 2.34. The molecule has 1 aliphatic rings. The monoisotopic (exact) mass is 170 g/mol. The lowest BCUT2D eigenvalue weighted by molar-refractivity contribution is 0.140. The minimum Gasteiger partial charge on any atom is -0.330 e. The number of rotatable bonds is 5. The minimum absolute atomic E-state index is 0.467. The van der Waals surface area contributed by atoms with Gasteiger partial charge in [0.15, 0.2) is 0 Å². The van der Waals surface area contributed by atoms with Gasteiger partial charge >= 0.3 is 0 Å². The zero-order chi connectivity index (χ0) is 9.03. The molecule has 2 nitrogen and oxygen atoms in total. The van der Waals surface area contributed by atoms with Crippen LogP contribution in [0.25, 0.3) is 0 Å². The summed E-state index contributed by atoms with van der Waals surface area (Å²) in [5, 5.41) is 3.50. The zero-order valence-electron chi connectivity index (χ0n) is 8.40. The van der Waals surface area contributed by atoms with E-state index in [4.69, 9.17) is 5.73 Å². The predicted molar refractivity (Wildman–Crippen MR) is 53.0 cm³/mol. The number of nitrogens with one attached hydrogen (secondary N) is 1. The first kappa shape index (κ1) is 10.0. The fraction of sp³-hybridized carbons (Fsp3) is 1.00. The van der Waals surface area contributed by atoms with Gasteiger partial charge in [0.2, 0.25) is 0 Å². The normalized spacial score (nSPS) is 21.0. The average molecular weight is 170 g/mol. The fourth-order valence-corrected chi connectivity index (χ4v) is 1.76. The Balaban J connectivity index is 2.12. The van der Waals surface area contributed by atoms with E-state index in [0.29, 0.717) is 5.41 Å². The maximum absolute atomic E-state index is 5.75. The van der Waals surface area contributed by atoms with Crippen molar-refractivity contribution >= 4 is 0 Å². The van der Waals surface area contributed by atoms with Crippen LogP contribution in [0.3, 0.4) is 0 Å². The van der Waals surface area contributed by atoms with Gasteiger partial charge in [-0.05, 0) is 37.3 Å². The lowest BCUT2D eigenvalue weighted by atomic mass is 9.69. The summed E-state index contributed by atoms with van der Waals surface area (Å²) in [7, 11) is 0. The van der Waals surface area contributed by atoms with E-state index in [1.54, 1.807) is 0 Å². The van der Waals surface area contributed by atoms with E-state index < -0.39 is 0 Å². The van der Waals surface area contributed by atoms with Crippen molar-refractivity contribution in [1.82, 2.24) is 5.32 Å². The highest BCUT2D eigenvalue weighted by molar-refractivity contribution is 4.90. The van der Waals surface area contributed by atoms with Crippen LogP contribution < -0.4 is 11.1 Å². The molecule has 0 bridgehead atoms. The summed E-state index contributed by atoms with van der Waals surface area (Å²) >= 11 is 0. The predicted octanol–water partition coefficient (Wildman–Crippen LogP) is 1.36. The van der Waals surface area contributed by atoms with E-state index in [2.05, 4.69) is 19.2 Å². The summed E-state index contributed by atoms with van der Waals surface area (Å²) < 4.78 is 0. The van der Waals surface area contributed by atoms with Gasteiger partial charge in [-0.1, -0.05) is 20.3 Å². The van der Waals surface area contributed by atoms with Crippen molar-refractivity contribution in [3.05, 3.63) is 0 Å². The van der Waals surface area contributed by atoms with Crippen LogP contribution in [-0.4, -0.2) is 19.6 Å². The van der Waals surface area contributed by atoms with E-state index in [1.807, 2.05) is 0 Å². The van der Waals surface area contributed by atoms with Gasteiger partial charge in [0, 0.05) is 6.54 Å². The summed E-state index contributed by atoms with van der Waals surface area (Å²) in [4.78, 5) is 0. The molecular weight excluding hydrogens is 148 g/mol. The third kappa shape index (κ3) is 2.46. The molecule has 1 saturated carbocycles. The Bertz CT molecular complexity index is 122. The molecule has 0 radical (unpaired) electrons. The van der Waals surface area contributed by atoms with Crippen molar-refractivity contribution in [3.63, 3.8) is 0 Å². The first-order valence-electron chi connectivity index (χ1n) is 5.09. The molecule has 0 unspecified atom stereocenters. The maximum Gasteiger partial charge on any atom is 0.00200 e. The zero-order valence-corrected chi connectivity index (χ0v) is 8.40. The first-order valence-corrected chi connectivity index (χ1v) is 5.09. The Morgan fingerprint density at radius 2 is 2.08 bits per heavy atom. The van der Waals surface area contributed by atoms with Crippen LogP contribution >= 0.6 is 0 Å². The molecule has 3 N–H and O–H groups in total. The summed E-state index contributed by atoms with van der Waals surface area (Å²) in [5.74, 6) is 0.750. The van der Waals surface area contributed by atoms with Crippen LogP contribution in [0.1, 0.15) is 33.1 Å². The SMILES string of the molecule is CC(C)CNCC1(CN)CCC1. The molecule has 0 spiro atoms. The van der Waals surface area contributed by atoms with Crippen LogP contribution in [0, 0.1) is 11.3 Å². The molecule has 0 aliphatic heterocycles. The Hall–Kier alpha value is -0.0800. The van der Waals surface area contributed by atoms with Crippen molar-refractivity contribution in [2.45, 2.75) is 33.1 Å². The second kappa shape index (κ2) is 4.24. The summed E-state index contributed by atoms with van der Waals surface area (Å²) in [6.07, 6.45) is 4.03. The molecule has 0 amide bonds. The summed E-state index contributed by atoms with van der Waals surface area (Å²) in [6.45, 7) is 7.59. The van der Waals surface area contributed by atoms with Gasteiger partial charge in [0.05, 0.1) is 0 Å². The van der Waals surface area contributed by atoms with Gasteiger partial charge in [0.25, 0.3) is 0 Å². The molecule has 0 aromatic rings. The van der Waals surface area contributed by atoms with Gasteiger partial charge in [-0.2, -0.15) is 0 Å². The molecule has 0 aromatic carbocycles. The van der Waals surface area contributed by atoms with Crippen molar-refractivity contribution in [3.8, 4) is 0 Å². The molecule has 1 rings (SSSR count). The smallest absolute Gasteiger partial charge is 0.00200 e.